The van der Waals surface area contributed by atoms with Crippen molar-refractivity contribution in [2.24, 2.45) is 0 Å². The second kappa shape index (κ2) is 9.00. The van der Waals surface area contributed by atoms with Gasteiger partial charge in [0.05, 0.1) is 6.42 Å². The molecule has 0 atom stereocenters. The standard InChI is InChI=1S/C27H27NO2/c1-28(2)27(29)18-24-10-6-9-23-17-25(15-16-26(23)24)30-19-20-11-13-22(14-12-20)21-7-4-3-5-8-21/h3-5,7-8,10-17H,6,9,18-19H2,1-2H3. The molecule has 152 valence electrons. The number of nitrogens with zero attached hydrogens (tertiary/aromatic N) is 1. The van der Waals surface area contributed by atoms with Crippen molar-refractivity contribution in [1.82, 2.24) is 4.90 Å². The molecule has 3 aromatic carbocycles. The number of amides is 1. The highest BCUT2D eigenvalue weighted by molar-refractivity contribution is 5.89. The topological polar surface area (TPSA) is 29.5 Å². The van der Waals surface area contributed by atoms with Crippen molar-refractivity contribution in [3.05, 3.63) is 95.6 Å². The molecule has 1 aliphatic rings. The fraction of sp³-hybridized carbons (Fsp3) is 0.222. The van der Waals surface area contributed by atoms with Gasteiger partial charge >= 0.3 is 0 Å². The third-order valence-electron chi connectivity index (χ3n) is 5.53. The number of allylic oxidation sites excluding steroid dienone is 1. The zero-order chi connectivity index (χ0) is 20.9. The summed E-state index contributed by atoms with van der Waals surface area (Å²) in [5.74, 6) is 1.01. The number of benzene rings is 3. The Labute approximate surface area is 178 Å². The molecule has 0 heterocycles. The van der Waals surface area contributed by atoms with Crippen molar-refractivity contribution in [3.63, 3.8) is 0 Å². The first kappa shape index (κ1) is 20.0. The third kappa shape index (κ3) is 4.62. The van der Waals surface area contributed by atoms with Crippen LogP contribution in [0.1, 0.15) is 29.5 Å². The lowest BCUT2D eigenvalue weighted by atomic mass is 9.89. The van der Waals surface area contributed by atoms with Gasteiger partial charge in [0.1, 0.15) is 12.4 Å². The van der Waals surface area contributed by atoms with Gasteiger partial charge in [0.25, 0.3) is 0 Å². The van der Waals surface area contributed by atoms with Crippen LogP contribution in [0.25, 0.3) is 16.7 Å². The minimum Gasteiger partial charge on any atom is -0.489 e. The summed E-state index contributed by atoms with van der Waals surface area (Å²) in [7, 11) is 3.60. The second-order valence-electron chi connectivity index (χ2n) is 7.90. The maximum atomic E-state index is 12.1. The number of hydrogen-bond donors (Lipinski definition) is 0. The van der Waals surface area contributed by atoms with Gasteiger partial charge in [-0.1, -0.05) is 66.7 Å². The van der Waals surface area contributed by atoms with Gasteiger partial charge in [0, 0.05) is 14.1 Å². The molecule has 4 rings (SSSR count). The molecule has 0 bridgehead atoms. The van der Waals surface area contributed by atoms with Crippen molar-refractivity contribution < 1.29 is 9.53 Å². The predicted octanol–water partition coefficient (Wildman–Crippen LogP) is 5.74. The average molecular weight is 398 g/mol. The number of rotatable bonds is 6. The highest BCUT2D eigenvalue weighted by Gasteiger charge is 2.17. The maximum absolute atomic E-state index is 12.1. The Morgan fingerprint density at radius 3 is 2.40 bits per heavy atom. The van der Waals surface area contributed by atoms with Crippen molar-refractivity contribution >= 4 is 11.5 Å². The summed E-state index contributed by atoms with van der Waals surface area (Å²) in [6, 6.07) is 25.1. The van der Waals surface area contributed by atoms with Crippen LogP contribution in [0, 0.1) is 0 Å². The molecule has 0 unspecified atom stereocenters. The van der Waals surface area contributed by atoms with E-state index in [4.69, 9.17) is 4.74 Å². The smallest absolute Gasteiger partial charge is 0.226 e. The first-order chi connectivity index (χ1) is 14.6. The Bertz CT molecular complexity index is 1050. The molecule has 30 heavy (non-hydrogen) atoms. The zero-order valence-electron chi connectivity index (χ0n) is 17.6. The van der Waals surface area contributed by atoms with Crippen molar-refractivity contribution in [2.75, 3.05) is 14.1 Å². The van der Waals surface area contributed by atoms with E-state index in [9.17, 15) is 4.79 Å². The van der Waals surface area contributed by atoms with Crippen LogP contribution >= 0.6 is 0 Å². The van der Waals surface area contributed by atoms with Crippen molar-refractivity contribution in [1.29, 1.82) is 0 Å². The Balaban J connectivity index is 1.41. The van der Waals surface area contributed by atoms with Gasteiger partial charge in [-0.3, -0.25) is 4.79 Å². The molecule has 3 aromatic rings. The lowest BCUT2D eigenvalue weighted by Crippen LogP contribution is -2.22. The van der Waals surface area contributed by atoms with E-state index in [0.29, 0.717) is 13.0 Å². The minimum absolute atomic E-state index is 0.133. The van der Waals surface area contributed by atoms with E-state index in [2.05, 4.69) is 66.7 Å². The molecule has 0 aliphatic heterocycles. The number of fused-ring (bicyclic) bond motifs is 1. The van der Waals surface area contributed by atoms with Crippen LogP contribution in [-0.4, -0.2) is 24.9 Å². The zero-order valence-corrected chi connectivity index (χ0v) is 17.6. The molecular weight excluding hydrogens is 370 g/mol. The Kier molecular flexibility index (Phi) is 5.99. The molecular formula is C27H27NO2. The normalized spacial score (nSPS) is 12.7. The van der Waals surface area contributed by atoms with E-state index in [-0.39, 0.29) is 5.91 Å². The first-order valence-electron chi connectivity index (χ1n) is 10.4. The first-order valence-corrected chi connectivity index (χ1v) is 10.4. The molecule has 0 saturated heterocycles. The predicted molar refractivity (Wildman–Crippen MR) is 122 cm³/mol. The minimum atomic E-state index is 0.133. The molecule has 0 fully saturated rings. The lowest BCUT2D eigenvalue weighted by Gasteiger charge is -2.20. The fourth-order valence-electron chi connectivity index (χ4n) is 3.77. The molecule has 0 radical (unpaired) electrons. The third-order valence-corrected chi connectivity index (χ3v) is 5.53. The van der Waals surface area contributed by atoms with E-state index in [1.165, 1.54) is 22.3 Å². The van der Waals surface area contributed by atoms with Gasteiger partial charge in [0.15, 0.2) is 0 Å². The van der Waals surface area contributed by atoms with E-state index in [0.717, 1.165) is 29.7 Å². The number of ether oxygens (including phenoxy) is 1. The van der Waals surface area contributed by atoms with Crippen LogP contribution in [0.2, 0.25) is 0 Å². The quantitative estimate of drug-likeness (QED) is 0.531. The SMILES string of the molecule is CN(C)C(=O)CC1=CCCc2cc(OCc3ccc(-c4ccccc4)cc3)ccc21. The second-order valence-corrected chi connectivity index (χ2v) is 7.90. The summed E-state index contributed by atoms with van der Waals surface area (Å²) in [5.41, 5.74) is 7.13. The van der Waals surface area contributed by atoms with Gasteiger partial charge in [-0.2, -0.15) is 0 Å². The van der Waals surface area contributed by atoms with Gasteiger partial charge in [-0.15, -0.1) is 0 Å². The van der Waals surface area contributed by atoms with E-state index in [1.807, 2.05) is 12.1 Å². The number of carbonyl (C=O) groups excluding carboxylic acids is 1. The summed E-state index contributed by atoms with van der Waals surface area (Å²) < 4.78 is 6.06. The van der Waals surface area contributed by atoms with Crippen LogP contribution in [0.3, 0.4) is 0 Å². The summed E-state index contributed by atoms with van der Waals surface area (Å²) in [6.07, 6.45) is 4.60. The summed E-state index contributed by atoms with van der Waals surface area (Å²) in [5, 5.41) is 0. The number of aryl methyl sites for hydroxylation is 1. The lowest BCUT2D eigenvalue weighted by molar-refractivity contribution is -0.127. The summed E-state index contributed by atoms with van der Waals surface area (Å²) >= 11 is 0. The van der Waals surface area contributed by atoms with Gasteiger partial charge < -0.3 is 9.64 Å². The Morgan fingerprint density at radius 2 is 1.67 bits per heavy atom. The monoisotopic (exact) mass is 397 g/mol. The number of carbonyl (C=O) groups is 1. The van der Waals surface area contributed by atoms with E-state index in [1.54, 1.807) is 19.0 Å². The van der Waals surface area contributed by atoms with Crippen molar-refractivity contribution in [3.8, 4) is 16.9 Å². The fourth-order valence-corrected chi connectivity index (χ4v) is 3.77. The molecule has 1 aliphatic carbocycles. The Hall–Kier alpha value is -3.33. The average Bonchev–Trinajstić information content (AvgIpc) is 2.78. The molecule has 1 amide bonds. The molecule has 0 spiro atoms. The van der Waals surface area contributed by atoms with Crippen LogP contribution in [0.4, 0.5) is 0 Å². The van der Waals surface area contributed by atoms with Crippen LogP contribution < -0.4 is 4.74 Å². The van der Waals surface area contributed by atoms with Gasteiger partial charge in [-0.25, -0.2) is 0 Å². The summed E-state index contributed by atoms with van der Waals surface area (Å²) in [4.78, 5) is 13.8. The highest BCUT2D eigenvalue weighted by Crippen LogP contribution is 2.32. The van der Waals surface area contributed by atoms with Crippen molar-refractivity contribution in [2.45, 2.75) is 25.9 Å². The van der Waals surface area contributed by atoms with Crippen LogP contribution in [0.15, 0.2) is 78.9 Å². The molecule has 3 heteroatoms. The molecule has 0 aromatic heterocycles. The molecule has 0 N–H and O–H groups in total. The summed E-state index contributed by atoms with van der Waals surface area (Å²) in [6.45, 7) is 0.537. The van der Waals surface area contributed by atoms with Crippen LogP contribution in [-0.2, 0) is 17.8 Å². The highest BCUT2D eigenvalue weighted by atomic mass is 16.5. The largest absolute Gasteiger partial charge is 0.489 e. The molecule has 3 nitrogen and oxygen atoms in total. The van der Waals surface area contributed by atoms with Gasteiger partial charge in [0.2, 0.25) is 5.91 Å². The Morgan fingerprint density at radius 1 is 0.933 bits per heavy atom. The van der Waals surface area contributed by atoms with Gasteiger partial charge in [-0.05, 0) is 58.4 Å². The number of hydrogen-bond acceptors (Lipinski definition) is 2. The van der Waals surface area contributed by atoms with E-state index >= 15 is 0 Å². The molecule has 0 saturated carbocycles. The maximum Gasteiger partial charge on any atom is 0.226 e. The van der Waals surface area contributed by atoms with E-state index < -0.39 is 0 Å². The van der Waals surface area contributed by atoms with Crippen LogP contribution in [0.5, 0.6) is 5.75 Å².